The summed E-state index contributed by atoms with van der Waals surface area (Å²) in [6.07, 6.45) is 8.65. The topological polar surface area (TPSA) is 310 Å². The number of rotatable bonds is 20. The second-order valence-electron chi connectivity index (χ2n) is 20.7. The van der Waals surface area contributed by atoms with E-state index in [2.05, 4.69) is 20.6 Å². The van der Waals surface area contributed by atoms with Gasteiger partial charge in [-0.25, -0.2) is 9.59 Å². The number of esters is 1. The van der Waals surface area contributed by atoms with Gasteiger partial charge in [0.1, 0.15) is 58.2 Å². The number of aliphatic carboxylic acids is 1. The molecule has 4 atom stereocenters. The summed E-state index contributed by atoms with van der Waals surface area (Å²) in [6, 6.07) is 23.4. The molecule has 2 aliphatic rings. The number of unbranched alkanes of at least 4 members (excludes halogenated alkanes) is 4. The molecule has 0 unspecified atom stereocenters. The van der Waals surface area contributed by atoms with E-state index in [-0.39, 0.29) is 41.5 Å². The summed E-state index contributed by atoms with van der Waals surface area (Å²) in [5.74, 6) is -1.85. The molecule has 20 heteroatoms. The number of aliphatic imine (C=N–C) groups is 2. The number of nitrogens with two attached hydrogens (primary N) is 2. The lowest BCUT2D eigenvalue weighted by Crippen LogP contribution is -2.47. The van der Waals surface area contributed by atoms with Crippen LogP contribution in [-0.2, 0) is 33.4 Å². The predicted molar refractivity (Wildman–Crippen MR) is 298 cm³/mol. The number of carboxylic acids is 1. The number of guanidine groups is 2. The number of alkyl carbamates (subject to hydrolysis) is 2. The molecule has 0 saturated carbocycles. The predicted octanol–water partition coefficient (Wildman–Crippen LogP) is 9.44. The Labute approximate surface area is 459 Å². The van der Waals surface area contributed by atoms with Crippen LogP contribution in [0.15, 0.2) is 107 Å². The van der Waals surface area contributed by atoms with Crippen molar-refractivity contribution in [2.24, 2.45) is 21.5 Å². The van der Waals surface area contributed by atoms with E-state index in [4.69, 9.17) is 35.2 Å². The van der Waals surface area contributed by atoms with E-state index >= 15 is 0 Å². The van der Waals surface area contributed by atoms with Crippen molar-refractivity contribution >= 4 is 59.8 Å². The molecule has 0 bridgehead atoms. The SMILES string of the molecule is COC(=O)[C@@H]1c2cc(/C=C/C(=O)CCCCCN=C(NC(=O)OC(C)(C)C)NC(=O)OC(C)(C)C)ccc2O[C@H]1c1ccc(O)cc1.NC(N)=NCCCCCC(=O)/C=C/c1ccc2c(c1)[C@@H](C(=O)O)[C@H](c1ccc(O)cc1)O2. The standard InChI is InChI=1S/C35H45N3O9.C24H27N3O5/c1-34(2,3)46-32(42)37-31(38-33(43)47-35(4,5)6)36-20-10-8-9-11-24(39)16-12-22-13-19-27-26(21-22)28(30(41)44-7)29(45-27)23-14-17-25(40)18-15-23;25-24(26)27-13-3-1-2-4-17(28)9-5-15-6-12-20-19(14-15)21(23(30)31)22(32-20)16-7-10-18(29)11-8-16/h12-19,21,28-29,40H,8-11,20H2,1-7H3,(H2,36,37,38,42,43);5-12,14,21-22,29H,1-4,13H2,(H,30,31)(H4,25,26,27)/b16-12+;9-5+/t28-,29+;21-,22+/m11/s1. The van der Waals surface area contributed by atoms with Gasteiger partial charge < -0.3 is 50.5 Å². The zero-order valence-corrected chi connectivity index (χ0v) is 45.7. The molecule has 20 nitrogen and oxygen atoms in total. The number of phenolic OH excluding ortho intramolecular Hbond substituents is 2. The minimum atomic E-state index is -1.00. The average Bonchev–Trinajstić information content (AvgIpc) is 4.10. The Balaban J connectivity index is 0.000000312. The number of hydrogen-bond acceptors (Lipinski definition) is 15. The molecule has 0 aliphatic carbocycles. The Hall–Kier alpha value is -8.68. The molecule has 0 aromatic heterocycles. The fraction of sp³-hybridized carbons (Fsp3) is 0.390. The fourth-order valence-corrected chi connectivity index (χ4v) is 8.30. The molecular weight excluding hydrogens is 1020 g/mol. The number of carbonyl (C=O) groups is 6. The first-order chi connectivity index (χ1) is 37.4. The molecule has 0 fully saturated rings. The quantitative estimate of drug-likeness (QED) is 0.0108. The second kappa shape index (κ2) is 28.6. The minimum Gasteiger partial charge on any atom is -0.508 e. The van der Waals surface area contributed by atoms with Crippen LogP contribution in [0.1, 0.15) is 150 Å². The molecule has 0 radical (unpaired) electrons. The van der Waals surface area contributed by atoms with E-state index in [1.54, 1.807) is 102 Å². The summed E-state index contributed by atoms with van der Waals surface area (Å²) in [7, 11) is 1.32. The minimum absolute atomic E-state index is 0.000317. The third-order valence-corrected chi connectivity index (χ3v) is 11.9. The van der Waals surface area contributed by atoms with E-state index < -0.39 is 59.4 Å². The van der Waals surface area contributed by atoms with Crippen LogP contribution in [0.5, 0.6) is 23.0 Å². The first-order valence-corrected chi connectivity index (χ1v) is 25.9. The van der Waals surface area contributed by atoms with E-state index in [0.29, 0.717) is 66.8 Å². The number of aromatic hydroxyl groups is 2. The van der Waals surface area contributed by atoms with Crippen molar-refractivity contribution in [1.29, 1.82) is 0 Å². The number of hydrogen-bond donors (Lipinski definition) is 7. The lowest BCUT2D eigenvalue weighted by atomic mass is 9.90. The highest BCUT2D eigenvalue weighted by Gasteiger charge is 2.42. The molecule has 422 valence electrons. The summed E-state index contributed by atoms with van der Waals surface area (Å²) < 4.78 is 27.5. The monoisotopic (exact) mass is 1090 g/mol. The zero-order chi connectivity index (χ0) is 57.9. The zero-order valence-electron chi connectivity index (χ0n) is 45.7. The molecule has 0 spiro atoms. The van der Waals surface area contributed by atoms with Crippen LogP contribution in [-0.4, -0.2) is 94.3 Å². The smallest absolute Gasteiger partial charge is 0.414 e. The third-order valence-electron chi connectivity index (χ3n) is 11.9. The van der Waals surface area contributed by atoms with Gasteiger partial charge in [0, 0.05) is 37.1 Å². The van der Waals surface area contributed by atoms with Crippen LogP contribution in [0.4, 0.5) is 9.59 Å². The Kier molecular flexibility index (Phi) is 22.2. The van der Waals surface area contributed by atoms with Crippen molar-refractivity contribution in [2.45, 2.75) is 128 Å². The summed E-state index contributed by atoms with van der Waals surface area (Å²) in [5.41, 5.74) is 13.1. The largest absolute Gasteiger partial charge is 0.508 e. The molecule has 4 aromatic rings. The molecule has 2 heterocycles. The van der Waals surface area contributed by atoms with Gasteiger partial charge in [-0.3, -0.25) is 39.8 Å². The number of allylic oxidation sites excluding steroid dienone is 2. The normalized spacial score (nSPS) is 16.2. The number of carbonyl (C=O) groups excluding carboxylic acids is 5. The van der Waals surface area contributed by atoms with E-state index in [1.807, 2.05) is 12.1 Å². The van der Waals surface area contributed by atoms with Crippen LogP contribution in [0.2, 0.25) is 0 Å². The van der Waals surface area contributed by atoms with Crippen molar-refractivity contribution in [2.75, 3.05) is 20.2 Å². The highest BCUT2D eigenvalue weighted by molar-refractivity contribution is 6.01. The molecule has 9 N–H and O–H groups in total. The van der Waals surface area contributed by atoms with Gasteiger partial charge in [0.15, 0.2) is 17.5 Å². The highest BCUT2D eigenvalue weighted by Crippen LogP contribution is 2.48. The Morgan fingerprint density at radius 3 is 1.42 bits per heavy atom. The molecule has 2 aliphatic heterocycles. The van der Waals surface area contributed by atoms with Gasteiger partial charge in [-0.2, -0.15) is 0 Å². The molecule has 6 rings (SSSR count). The number of methoxy groups -OCH3 is 1. The number of ether oxygens (including phenoxy) is 5. The maximum absolute atomic E-state index is 12.7. The molecule has 0 saturated heterocycles. The highest BCUT2D eigenvalue weighted by atomic mass is 16.6. The maximum Gasteiger partial charge on any atom is 0.414 e. The number of nitrogens with one attached hydrogen (secondary N) is 2. The van der Waals surface area contributed by atoms with Crippen LogP contribution in [0.25, 0.3) is 12.2 Å². The lowest BCUT2D eigenvalue weighted by Gasteiger charge is -2.22. The van der Waals surface area contributed by atoms with Crippen molar-refractivity contribution in [1.82, 2.24) is 10.6 Å². The van der Waals surface area contributed by atoms with Gasteiger partial charge in [-0.15, -0.1) is 0 Å². The summed E-state index contributed by atoms with van der Waals surface area (Å²) >= 11 is 0. The number of amides is 2. The first kappa shape index (κ1) is 61.2. The first-order valence-electron chi connectivity index (χ1n) is 25.9. The number of ketones is 2. The number of fused-ring (bicyclic) bond motifs is 2. The van der Waals surface area contributed by atoms with Crippen LogP contribution < -0.4 is 31.6 Å². The number of benzene rings is 4. The van der Waals surface area contributed by atoms with Gasteiger partial charge >= 0.3 is 24.1 Å². The summed E-state index contributed by atoms with van der Waals surface area (Å²) in [5, 5.41) is 33.9. The van der Waals surface area contributed by atoms with Gasteiger partial charge in [0.2, 0.25) is 5.96 Å². The molecule has 4 aromatic carbocycles. The Bertz CT molecular complexity index is 2870. The van der Waals surface area contributed by atoms with E-state index in [0.717, 1.165) is 36.0 Å². The molecule has 2 amide bonds. The number of carboxylic acid groups (broad SMARTS) is 1. The molecular formula is C59H72N6O14. The van der Waals surface area contributed by atoms with Crippen LogP contribution >= 0.6 is 0 Å². The number of nitrogens with zero attached hydrogens (tertiary/aromatic N) is 2. The molecule has 79 heavy (non-hydrogen) atoms. The fourth-order valence-electron chi connectivity index (χ4n) is 8.30. The van der Waals surface area contributed by atoms with Crippen molar-refractivity contribution in [3.05, 3.63) is 130 Å². The maximum atomic E-state index is 12.7. The van der Waals surface area contributed by atoms with Gasteiger partial charge in [-0.1, -0.05) is 61.4 Å². The number of phenols is 2. The van der Waals surface area contributed by atoms with E-state index in [9.17, 15) is 44.1 Å². The van der Waals surface area contributed by atoms with Crippen LogP contribution in [0.3, 0.4) is 0 Å². The lowest BCUT2D eigenvalue weighted by molar-refractivity contribution is -0.144. The van der Waals surface area contributed by atoms with Crippen LogP contribution in [0, 0.1) is 0 Å². The van der Waals surface area contributed by atoms with Crippen molar-refractivity contribution < 1.29 is 67.8 Å². The van der Waals surface area contributed by atoms with Crippen molar-refractivity contribution in [3.8, 4) is 23.0 Å². The third kappa shape index (κ3) is 20.0. The van der Waals surface area contributed by atoms with Crippen molar-refractivity contribution in [3.63, 3.8) is 0 Å². The second-order valence-corrected chi connectivity index (χ2v) is 20.7. The summed E-state index contributed by atoms with van der Waals surface area (Å²) in [4.78, 5) is 82.1. The van der Waals surface area contributed by atoms with Gasteiger partial charge in [-0.05, 0) is 150 Å². The summed E-state index contributed by atoms with van der Waals surface area (Å²) in [6.45, 7) is 11.2. The van der Waals surface area contributed by atoms with Gasteiger partial charge in [0.25, 0.3) is 0 Å². The average molecular weight is 1090 g/mol. The van der Waals surface area contributed by atoms with Gasteiger partial charge in [0.05, 0.1) is 7.11 Å². The Morgan fingerprint density at radius 1 is 0.595 bits per heavy atom. The Morgan fingerprint density at radius 2 is 1.01 bits per heavy atom. The van der Waals surface area contributed by atoms with E-state index in [1.165, 1.54) is 43.5 Å².